The minimum absolute atomic E-state index is 0.146. The van der Waals surface area contributed by atoms with E-state index in [0.717, 1.165) is 10.3 Å². The maximum atomic E-state index is 13.9. The van der Waals surface area contributed by atoms with Crippen LogP contribution in [0.3, 0.4) is 0 Å². The Balaban J connectivity index is 1.46. The fraction of sp³-hybridized carbons (Fsp3) is 0.395. The molecular weight excluding hydrogens is 763 g/mol. The topological polar surface area (TPSA) is 176 Å². The number of rotatable bonds is 5. The molecule has 1 aliphatic heterocycles. The molecule has 0 bridgehead atoms. The number of aromatic nitrogens is 2. The second-order valence-electron chi connectivity index (χ2n) is 17.0. The maximum absolute atomic E-state index is 13.9. The summed E-state index contributed by atoms with van der Waals surface area (Å²) in [6.07, 6.45) is 0.384. The summed E-state index contributed by atoms with van der Waals surface area (Å²) in [4.78, 5) is 62.9. The van der Waals surface area contributed by atoms with Crippen molar-refractivity contribution in [2.75, 3.05) is 10.2 Å². The van der Waals surface area contributed by atoms with Crippen molar-refractivity contribution in [3.63, 3.8) is 0 Å². The highest BCUT2D eigenvalue weighted by Gasteiger charge is 2.54. The maximum Gasteiger partial charge on any atom is 0.510 e. The Kier molecular flexibility index (Phi) is 11.7. The molecule has 2 unspecified atom stereocenters. The van der Waals surface area contributed by atoms with Crippen LogP contribution in [-0.4, -0.2) is 60.5 Å². The Morgan fingerprint density at radius 2 is 1.48 bits per heavy atom. The molecule has 1 aliphatic rings. The molecule has 3 heterocycles. The lowest BCUT2D eigenvalue weighted by molar-refractivity contribution is -0.139. The van der Waals surface area contributed by atoms with E-state index >= 15 is 0 Å². The Bertz CT molecular complexity index is 2480. The van der Waals surface area contributed by atoms with E-state index in [4.69, 9.17) is 18.9 Å². The fourth-order valence-corrected chi connectivity index (χ4v) is 7.37. The highest BCUT2D eigenvalue weighted by molar-refractivity contribution is 7.94. The highest BCUT2D eigenvalue weighted by atomic mass is 32.2. The van der Waals surface area contributed by atoms with Gasteiger partial charge < -0.3 is 24.3 Å². The van der Waals surface area contributed by atoms with E-state index in [-0.39, 0.29) is 11.3 Å². The SMILES string of the molecule is CC(C)S(=O)(=NC(=O)OC(C)(C)C)c1ccc(Nc2cc3c(C#Cc4ccc5c(c4)N(C(=O)OC(C)(C)C)C(=O)C5(C)OC(=O)OC(C)(C)C)nccc3cn2)cc1. The summed E-state index contributed by atoms with van der Waals surface area (Å²) >= 11 is 0. The van der Waals surface area contributed by atoms with Gasteiger partial charge in [0.25, 0.3) is 5.91 Å². The summed E-state index contributed by atoms with van der Waals surface area (Å²) in [7, 11) is -3.13. The molecule has 3 amide bonds. The van der Waals surface area contributed by atoms with Gasteiger partial charge in [0.2, 0.25) is 5.60 Å². The van der Waals surface area contributed by atoms with Gasteiger partial charge in [-0.15, -0.1) is 4.36 Å². The van der Waals surface area contributed by atoms with E-state index in [0.29, 0.717) is 33.0 Å². The van der Waals surface area contributed by atoms with Crippen LogP contribution in [0.15, 0.2) is 76.2 Å². The predicted molar refractivity (Wildman–Crippen MR) is 220 cm³/mol. The number of amides is 3. The second-order valence-corrected chi connectivity index (χ2v) is 19.7. The van der Waals surface area contributed by atoms with Crippen molar-refractivity contribution in [2.45, 2.75) is 116 Å². The largest absolute Gasteiger partial charge is 0.510 e. The molecule has 2 aromatic carbocycles. The van der Waals surface area contributed by atoms with Crippen molar-refractivity contribution in [1.29, 1.82) is 0 Å². The summed E-state index contributed by atoms with van der Waals surface area (Å²) < 4.78 is 39.7. The standard InChI is InChI=1S/C43H49N5O9S/c1-26(2)58(53,47-37(50)54-40(3,4)5)30-17-15-29(16-18-30)46-35-24-31-28(25-45-35)21-22-44-33(31)20-14-27-13-19-32-34(23-27)48(38(51)55-41(6,7)8)36(49)43(32,12)57-39(52)56-42(9,10)11/h13,15-19,21-26H,1-12H3,(H,45,46). The molecule has 2 aromatic heterocycles. The molecule has 2 atom stereocenters. The molecular formula is C43H49N5O9S. The first-order valence-electron chi connectivity index (χ1n) is 18.5. The third-order valence-corrected chi connectivity index (χ3v) is 10.9. The normalized spacial score (nSPS) is 16.4. The van der Waals surface area contributed by atoms with Crippen molar-refractivity contribution in [2.24, 2.45) is 4.36 Å². The smallest absolute Gasteiger partial charge is 0.443 e. The number of anilines is 3. The third kappa shape index (κ3) is 9.92. The Morgan fingerprint density at radius 1 is 0.845 bits per heavy atom. The van der Waals surface area contributed by atoms with Gasteiger partial charge in [0.05, 0.1) is 15.4 Å². The molecule has 4 aromatic rings. The lowest BCUT2D eigenvalue weighted by Gasteiger charge is -2.27. The zero-order valence-electron chi connectivity index (χ0n) is 34.8. The Morgan fingerprint density at radius 3 is 2.09 bits per heavy atom. The van der Waals surface area contributed by atoms with Gasteiger partial charge in [-0.1, -0.05) is 12.0 Å². The van der Waals surface area contributed by atoms with Gasteiger partial charge in [-0.05, 0) is 138 Å². The number of benzene rings is 2. The van der Waals surface area contributed by atoms with Gasteiger partial charge >= 0.3 is 18.3 Å². The number of hydrogen-bond donors (Lipinski definition) is 1. The predicted octanol–water partition coefficient (Wildman–Crippen LogP) is 9.39. The molecule has 0 saturated heterocycles. The molecule has 0 radical (unpaired) electrons. The van der Waals surface area contributed by atoms with Crippen LogP contribution in [0.25, 0.3) is 10.8 Å². The van der Waals surface area contributed by atoms with E-state index < -0.39 is 61.6 Å². The van der Waals surface area contributed by atoms with Crippen molar-refractivity contribution in [1.82, 2.24) is 9.97 Å². The number of ether oxygens (including phenoxy) is 4. The molecule has 0 saturated carbocycles. The van der Waals surface area contributed by atoms with E-state index in [1.807, 2.05) is 0 Å². The third-order valence-electron chi connectivity index (χ3n) is 8.30. The van der Waals surface area contributed by atoms with E-state index in [2.05, 4.69) is 31.5 Å². The minimum Gasteiger partial charge on any atom is -0.443 e. The van der Waals surface area contributed by atoms with Crippen LogP contribution in [0, 0.1) is 11.8 Å². The first kappa shape index (κ1) is 43.1. The minimum atomic E-state index is -3.13. The summed E-state index contributed by atoms with van der Waals surface area (Å²) in [6.45, 7) is 20.0. The molecule has 306 valence electrons. The van der Waals surface area contributed by atoms with E-state index in [1.54, 1.807) is 143 Å². The van der Waals surface area contributed by atoms with Crippen LogP contribution >= 0.6 is 0 Å². The number of pyridine rings is 2. The van der Waals surface area contributed by atoms with Gasteiger partial charge in [-0.25, -0.2) is 33.5 Å². The average Bonchev–Trinajstić information content (AvgIpc) is 3.29. The second kappa shape index (κ2) is 15.7. The van der Waals surface area contributed by atoms with Gasteiger partial charge in [0.1, 0.15) is 28.3 Å². The number of carbonyl (C=O) groups excluding carboxylic acids is 4. The number of carbonyl (C=O) groups is 4. The number of fused-ring (bicyclic) bond motifs is 2. The number of hydrogen-bond acceptors (Lipinski definition) is 12. The zero-order valence-corrected chi connectivity index (χ0v) is 35.6. The molecule has 0 aliphatic carbocycles. The molecule has 14 nitrogen and oxygen atoms in total. The Labute approximate surface area is 339 Å². The van der Waals surface area contributed by atoms with Gasteiger partial charge in [0, 0.05) is 50.1 Å². The van der Waals surface area contributed by atoms with Crippen molar-refractivity contribution < 1.29 is 42.3 Å². The van der Waals surface area contributed by atoms with Gasteiger partial charge in [-0.3, -0.25) is 4.79 Å². The summed E-state index contributed by atoms with van der Waals surface area (Å²) in [5.41, 5.74) is -2.59. The molecule has 58 heavy (non-hydrogen) atoms. The van der Waals surface area contributed by atoms with Crippen LogP contribution in [0.2, 0.25) is 0 Å². The number of nitrogens with zero attached hydrogens (tertiary/aromatic N) is 4. The molecule has 15 heteroatoms. The summed E-state index contributed by atoms with van der Waals surface area (Å²) in [5.74, 6) is 5.84. The Hall–Kier alpha value is -6.01. The van der Waals surface area contributed by atoms with E-state index in [1.165, 1.54) is 6.92 Å². The van der Waals surface area contributed by atoms with Crippen LogP contribution in [0.4, 0.5) is 31.6 Å². The molecule has 0 fully saturated rings. The number of nitrogens with one attached hydrogen (secondary N) is 1. The summed E-state index contributed by atoms with van der Waals surface area (Å²) in [5, 5.41) is 4.24. The average molecular weight is 812 g/mol. The van der Waals surface area contributed by atoms with Gasteiger partial charge in [-0.2, -0.15) is 0 Å². The van der Waals surface area contributed by atoms with Crippen molar-refractivity contribution >= 4 is 61.9 Å². The summed E-state index contributed by atoms with van der Waals surface area (Å²) in [6, 6.07) is 15.1. The van der Waals surface area contributed by atoms with Crippen molar-refractivity contribution in [3.8, 4) is 11.8 Å². The van der Waals surface area contributed by atoms with Crippen LogP contribution in [0.1, 0.15) is 99.9 Å². The first-order valence-corrected chi connectivity index (χ1v) is 20.1. The lowest BCUT2D eigenvalue weighted by atomic mass is 9.96. The lowest BCUT2D eigenvalue weighted by Crippen LogP contribution is -2.46. The van der Waals surface area contributed by atoms with E-state index in [9.17, 15) is 23.4 Å². The zero-order chi connectivity index (χ0) is 43.0. The fourth-order valence-electron chi connectivity index (χ4n) is 5.73. The van der Waals surface area contributed by atoms with Crippen molar-refractivity contribution in [3.05, 3.63) is 83.8 Å². The van der Waals surface area contributed by atoms with Crippen LogP contribution < -0.4 is 10.2 Å². The molecule has 1 N–H and O–H groups in total. The monoisotopic (exact) mass is 811 g/mol. The van der Waals surface area contributed by atoms with Gasteiger partial charge in [0.15, 0.2) is 0 Å². The number of imide groups is 1. The first-order chi connectivity index (χ1) is 26.8. The highest BCUT2D eigenvalue weighted by Crippen LogP contribution is 2.44. The quantitative estimate of drug-likeness (QED) is 0.115. The van der Waals surface area contributed by atoms with Crippen LogP contribution in [0.5, 0.6) is 0 Å². The molecule has 0 spiro atoms. The molecule has 5 rings (SSSR count). The van der Waals surface area contributed by atoms with Crippen LogP contribution in [-0.2, 0) is 39.1 Å².